The Morgan fingerprint density at radius 1 is 1.20 bits per heavy atom. The lowest BCUT2D eigenvalue weighted by atomic mass is 10.3. The quantitative estimate of drug-likeness (QED) is 0.683. The number of carbonyl (C=O) groups excluding carboxylic acids is 2. The van der Waals surface area contributed by atoms with Crippen molar-refractivity contribution in [3.8, 4) is 0 Å². The van der Waals surface area contributed by atoms with Gasteiger partial charge in [0.05, 0.1) is 0 Å². The summed E-state index contributed by atoms with van der Waals surface area (Å²) in [5.41, 5.74) is 0.802. The van der Waals surface area contributed by atoms with Crippen molar-refractivity contribution in [1.82, 2.24) is 15.1 Å². The largest absolute Gasteiger partial charge is 0.355 e. The summed E-state index contributed by atoms with van der Waals surface area (Å²) in [7, 11) is 0. The van der Waals surface area contributed by atoms with E-state index in [4.69, 9.17) is 11.6 Å². The molecule has 0 spiro atoms. The van der Waals surface area contributed by atoms with Gasteiger partial charge in [-0.1, -0.05) is 25.4 Å². The maximum Gasteiger partial charge on any atom is 0.325 e. The summed E-state index contributed by atoms with van der Waals surface area (Å²) in [5, 5.41) is 3.54. The lowest BCUT2D eigenvalue weighted by molar-refractivity contribution is -0.121. The number of amides is 3. The first-order valence-corrected chi connectivity index (χ1v) is 9.24. The molecule has 25 heavy (non-hydrogen) atoms. The fraction of sp³-hybridized carbons (Fsp3) is 0.556. The van der Waals surface area contributed by atoms with E-state index >= 15 is 0 Å². The predicted molar refractivity (Wildman–Crippen MR) is 101 cm³/mol. The first-order valence-electron chi connectivity index (χ1n) is 8.86. The van der Waals surface area contributed by atoms with Crippen molar-refractivity contribution in [2.45, 2.75) is 20.3 Å². The molecule has 7 heteroatoms. The van der Waals surface area contributed by atoms with E-state index in [-0.39, 0.29) is 18.5 Å². The van der Waals surface area contributed by atoms with E-state index in [2.05, 4.69) is 24.1 Å². The van der Waals surface area contributed by atoms with Crippen molar-refractivity contribution in [2.24, 2.45) is 0 Å². The number of hydrogen-bond donors (Lipinski definition) is 1. The fourth-order valence-electron chi connectivity index (χ4n) is 2.89. The van der Waals surface area contributed by atoms with Crippen LogP contribution in [0.1, 0.15) is 20.3 Å². The second kappa shape index (κ2) is 9.63. The second-order valence-electron chi connectivity index (χ2n) is 6.06. The molecule has 1 aliphatic heterocycles. The van der Waals surface area contributed by atoms with Gasteiger partial charge in [-0.3, -0.25) is 9.69 Å². The Morgan fingerprint density at radius 3 is 2.52 bits per heavy atom. The highest BCUT2D eigenvalue weighted by Crippen LogP contribution is 2.22. The van der Waals surface area contributed by atoms with Gasteiger partial charge in [0, 0.05) is 30.3 Å². The Morgan fingerprint density at radius 2 is 1.88 bits per heavy atom. The van der Waals surface area contributed by atoms with Crippen LogP contribution >= 0.6 is 11.6 Å². The van der Waals surface area contributed by atoms with E-state index in [0.717, 1.165) is 31.7 Å². The molecule has 0 aromatic heterocycles. The maximum atomic E-state index is 12.5. The Balaban J connectivity index is 1.74. The van der Waals surface area contributed by atoms with E-state index in [1.807, 2.05) is 12.1 Å². The van der Waals surface area contributed by atoms with Gasteiger partial charge < -0.3 is 15.1 Å². The zero-order chi connectivity index (χ0) is 18.2. The van der Waals surface area contributed by atoms with E-state index in [1.165, 1.54) is 0 Å². The summed E-state index contributed by atoms with van der Waals surface area (Å²) in [6.45, 7) is 9.15. The molecule has 3 amide bonds. The molecular weight excluding hydrogens is 340 g/mol. The number of nitrogens with zero attached hydrogens (tertiary/aromatic N) is 3. The van der Waals surface area contributed by atoms with Crippen LogP contribution in [0.5, 0.6) is 0 Å². The van der Waals surface area contributed by atoms with Crippen molar-refractivity contribution in [2.75, 3.05) is 50.7 Å². The predicted octanol–water partition coefficient (Wildman–Crippen LogP) is 2.43. The summed E-state index contributed by atoms with van der Waals surface area (Å²) in [6, 6.07) is 7.01. The normalized spacial score (nSPS) is 14.5. The van der Waals surface area contributed by atoms with Crippen LogP contribution in [0.25, 0.3) is 0 Å². The molecule has 0 aliphatic carbocycles. The molecule has 0 atom stereocenters. The number of carbonyl (C=O) groups is 2. The average molecular weight is 367 g/mol. The number of urea groups is 1. The third-order valence-electron chi connectivity index (χ3n) is 4.44. The highest BCUT2D eigenvalue weighted by atomic mass is 35.5. The molecule has 1 saturated heterocycles. The van der Waals surface area contributed by atoms with Crippen LogP contribution in [0.15, 0.2) is 24.3 Å². The van der Waals surface area contributed by atoms with Crippen LogP contribution in [-0.4, -0.2) is 67.6 Å². The summed E-state index contributed by atoms with van der Waals surface area (Å²) in [6.07, 6.45) is 0.915. The zero-order valence-corrected chi connectivity index (χ0v) is 15.8. The highest BCUT2D eigenvalue weighted by molar-refractivity contribution is 6.30. The number of rotatable bonds is 9. The summed E-state index contributed by atoms with van der Waals surface area (Å²) in [5.74, 6) is -0.106. The monoisotopic (exact) mass is 366 g/mol. The minimum Gasteiger partial charge on any atom is -0.355 e. The van der Waals surface area contributed by atoms with Gasteiger partial charge in [-0.05, 0) is 50.3 Å². The van der Waals surface area contributed by atoms with Crippen molar-refractivity contribution < 1.29 is 9.59 Å². The second-order valence-corrected chi connectivity index (χ2v) is 6.50. The molecule has 6 nitrogen and oxygen atoms in total. The van der Waals surface area contributed by atoms with Crippen molar-refractivity contribution in [3.63, 3.8) is 0 Å². The topological polar surface area (TPSA) is 55.9 Å². The first kappa shape index (κ1) is 19.5. The fourth-order valence-corrected chi connectivity index (χ4v) is 3.02. The number of benzene rings is 1. The molecular formula is C18H27ClN4O2. The minimum atomic E-state index is -0.138. The van der Waals surface area contributed by atoms with Crippen LogP contribution < -0.4 is 10.2 Å². The first-order chi connectivity index (χ1) is 12.0. The average Bonchev–Trinajstić information content (AvgIpc) is 2.96. The van der Waals surface area contributed by atoms with Crippen LogP contribution in [0.2, 0.25) is 5.02 Å². The van der Waals surface area contributed by atoms with Gasteiger partial charge in [-0.15, -0.1) is 0 Å². The van der Waals surface area contributed by atoms with Gasteiger partial charge in [0.1, 0.15) is 6.54 Å². The molecule has 0 unspecified atom stereocenters. The van der Waals surface area contributed by atoms with Gasteiger partial charge in [0.2, 0.25) is 5.91 Å². The van der Waals surface area contributed by atoms with Crippen molar-refractivity contribution >= 4 is 29.2 Å². The number of halogens is 1. The van der Waals surface area contributed by atoms with Crippen LogP contribution in [0, 0.1) is 0 Å². The Kier molecular flexibility index (Phi) is 7.52. The van der Waals surface area contributed by atoms with E-state index in [0.29, 0.717) is 24.7 Å². The molecule has 0 radical (unpaired) electrons. The lowest BCUT2D eigenvalue weighted by Crippen LogP contribution is -2.40. The Bertz CT molecular complexity index is 575. The van der Waals surface area contributed by atoms with Gasteiger partial charge in [0.15, 0.2) is 0 Å². The highest BCUT2D eigenvalue weighted by Gasteiger charge is 2.30. The van der Waals surface area contributed by atoms with Crippen molar-refractivity contribution in [3.05, 3.63) is 29.3 Å². The molecule has 1 aromatic rings. The summed E-state index contributed by atoms with van der Waals surface area (Å²) in [4.78, 5) is 30.1. The number of hydrogen-bond acceptors (Lipinski definition) is 3. The summed E-state index contributed by atoms with van der Waals surface area (Å²) < 4.78 is 0. The molecule has 138 valence electrons. The minimum absolute atomic E-state index is 0.105. The van der Waals surface area contributed by atoms with E-state index in [1.54, 1.807) is 21.9 Å². The Labute approximate surface area is 154 Å². The SMILES string of the molecule is CCN(CC)CCCNC(=O)CN1CCN(c2ccc(Cl)cc2)C1=O. The summed E-state index contributed by atoms with van der Waals surface area (Å²) >= 11 is 5.88. The Hall–Kier alpha value is -1.79. The standard InChI is InChI=1S/C18H27ClN4O2/c1-3-21(4-2)11-5-10-20-17(24)14-22-12-13-23(18(22)25)16-8-6-15(19)7-9-16/h6-9H,3-5,10-14H2,1-2H3,(H,20,24). The molecule has 1 aromatic carbocycles. The molecule has 0 bridgehead atoms. The van der Waals surface area contributed by atoms with Crippen LogP contribution in [0.4, 0.5) is 10.5 Å². The van der Waals surface area contributed by atoms with Gasteiger partial charge >= 0.3 is 6.03 Å². The molecule has 0 saturated carbocycles. The van der Waals surface area contributed by atoms with Crippen LogP contribution in [-0.2, 0) is 4.79 Å². The molecule has 1 heterocycles. The van der Waals surface area contributed by atoms with E-state index < -0.39 is 0 Å². The number of nitrogens with one attached hydrogen (secondary N) is 1. The molecule has 1 fully saturated rings. The third-order valence-corrected chi connectivity index (χ3v) is 4.69. The van der Waals surface area contributed by atoms with Crippen molar-refractivity contribution in [1.29, 1.82) is 0 Å². The zero-order valence-electron chi connectivity index (χ0n) is 15.0. The van der Waals surface area contributed by atoms with Gasteiger partial charge in [-0.2, -0.15) is 0 Å². The third kappa shape index (κ3) is 5.61. The lowest BCUT2D eigenvalue weighted by Gasteiger charge is -2.19. The van der Waals surface area contributed by atoms with Gasteiger partial charge in [-0.25, -0.2) is 4.79 Å². The molecule has 1 aliphatic rings. The van der Waals surface area contributed by atoms with E-state index in [9.17, 15) is 9.59 Å². The molecule has 1 N–H and O–H groups in total. The van der Waals surface area contributed by atoms with Crippen LogP contribution in [0.3, 0.4) is 0 Å². The van der Waals surface area contributed by atoms with Gasteiger partial charge in [0.25, 0.3) is 0 Å². The number of anilines is 1. The maximum absolute atomic E-state index is 12.5. The smallest absolute Gasteiger partial charge is 0.325 e. The molecule has 2 rings (SSSR count).